The SMILES string of the molecule is C[C@@H](Oc1ccc(F)cc1)C(=O)NNC(=O)c1ccc2nc[nH]c2c1. The van der Waals surface area contributed by atoms with Crippen LogP contribution in [0, 0.1) is 5.82 Å². The number of hydrogen-bond donors (Lipinski definition) is 3. The van der Waals surface area contributed by atoms with Crippen molar-refractivity contribution in [3.05, 3.63) is 60.2 Å². The zero-order valence-corrected chi connectivity index (χ0v) is 13.2. The highest BCUT2D eigenvalue weighted by Gasteiger charge is 2.16. The van der Waals surface area contributed by atoms with Gasteiger partial charge in [0.05, 0.1) is 17.4 Å². The summed E-state index contributed by atoms with van der Waals surface area (Å²) in [5.74, 6) is -1.06. The number of aromatic amines is 1. The van der Waals surface area contributed by atoms with Crippen LogP contribution in [-0.2, 0) is 4.79 Å². The van der Waals surface area contributed by atoms with Crippen LogP contribution in [0.5, 0.6) is 5.75 Å². The number of carbonyl (C=O) groups excluding carboxylic acids is 2. The van der Waals surface area contributed by atoms with Crippen LogP contribution in [0.2, 0.25) is 0 Å². The minimum Gasteiger partial charge on any atom is -0.481 e. The fourth-order valence-electron chi connectivity index (χ4n) is 2.14. The molecule has 1 heterocycles. The zero-order chi connectivity index (χ0) is 17.8. The maximum Gasteiger partial charge on any atom is 0.279 e. The standard InChI is InChI=1S/C17H15FN4O3/c1-10(25-13-5-3-12(18)4-6-13)16(23)21-22-17(24)11-2-7-14-15(8-11)20-9-19-14/h2-10H,1H3,(H,19,20)(H,21,23)(H,22,24)/t10-/m1/s1. The molecule has 1 atom stereocenters. The molecule has 3 N–H and O–H groups in total. The van der Waals surface area contributed by atoms with Crippen molar-refractivity contribution in [1.82, 2.24) is 20.8 Å². The van der Waals surface area contributed by atoms with Gasteiger partial charge in [-0.05, 0) is 49.4 Å². The Bertz CT molecular complexity index is 908. The number of H-pyrrole nitrogens is 1. The number of fused-ring (bicyclic) bond motifs is 1. The van der Waals surface area contributed by atoms with E-state index in [4.69, 9.17) is 4.74 Å². The Balaban J connectivity index is 1.55. The second-order valence-electron chi connectivity index (χ2n) is 5.29. The summed E-state index contributed by atoms with van der Waals surface area (Å²) in [7, 11) is 0. The maximum absolute atomic E-state index is 12.8. The zero-order valence-electron chi connectivity index (χ0n) is 13.2. The number of nitrogens with one attached hydrogen (secondary N) is 3. The molecule has 3 aromatic rings. The van der Waals surface area contributed by atoms with Gasteiger partial charge in [-0.1, -0.05) is 0 Å². The number of hydrogen-bond acceptors (Lipinski definition) is 4. The molecule has 2 amide bonds. The van der Waals surface area contributed by atoms with Gasteiger partial charge >= 0.3 is 0 Å². The van der Waals surface area contributed by atoms with E-state index in [2.05, 4.69) is 20.8 Å². The molecule has 0 aliphatic carbocycles. The normalized spacial score (nSPS) is 11.8. The predicted octanol–water partition coefficient (Wildman–Crippen LogP) is 1.93. The van der Waals surface area contributed by atoms with Crippen LogP contribution >= 0.6 is 0 Å². The van der Waals surface area contributed by atoms with Gasteiger partial charge in [0.15, 0.2) is 6.10 Å². The molecule has 0 fully saturated rings. The Morgan fingerprint density at radius 2 is 1.92 bits per heavy atom. The highest BCUT2D eigenvalue weighted by molar-refractivity contribution is 5.98. The van der Waals surface area contributed by atoms with E-state index >= 15 is 0 Å². The number of carbonyl (C=O) groups is 2. The molecule has 8 heteroatoms. The topological polar surface area (TPSA) is 96.1 Å². The van der Waals surface area contributed by atoms with Crippen molar-refractivity contribution in [3.63, 3.8) is 0 Å². The minimum atomic E-state index is -0.874. The number of rotatable bonds is 4. The van der Waals surface area contributed by atoms with Gasteiger partial charge < -0.3 is 9.72 Å². The largest absolute Gasteiger partial charge is 0.481 e. The summed E-state index contributed by atoms with van der Waals surface area (Å²) in [6, 6.07) is 10.2. The fraction of sp³-hybridized carbons (Fsp3) is 0.118. The lowest BCUT2D eigenvalue weighted by Gasteiger charge is -2.15. The van der Waals surface area contributed by atoms with Gasteiger partial charge in [0.25, 0.3) is 11.8 Å². The van der Waals surface area contributed by atoms with Gasteiger partial charge in [-0.15, -0.1) is 0 Å². The lowest BCUT2D eigenvalue weighted by Crippen LogP contribution is -2.47. The molecule has 25 heavy (non-hydrogen) atoms. The van der Waals surface area contributed by atoms with Crippen molar-refractivity contribution in [3.8, 4) is 5.75 Å². The molecule has 3 rings (SSSR count). The molecule has 1 aromatic heterocycles. The highest BCUT2D eigenvalue weighted by Crippen LogP contribution is 2.13. The number of nitrogens with zero attached hydrogens (tertiary/aromatic N) is 1. The molecule has 0 aliphatic rings. The minimum absolute atomic E-state index is 0.347. The third-order valence-corrected chi connectivity index (χ3v) is 3.48. The number of hydrazine groups is 1. The molecular formula is C17H15FN4O3. The first kappa shape index (κ1) is 16.4. The molecule has 0 radical (unpaired) electrons. The summed E-state index contributed by atoms with van der Waals surface area (Å²) in [5, 5.41) is 0. The van der Waals surface area contributed by atoms with Crippen molar-refractivity contribution in [2.24, 2.45) is 0 Å². The predicted molar refractivity (Wildman–Crippen MR) is 88.2 cm³/mol. The number of amides is 2. The van der Waals surface area contributed by atoms with Gasteiger partial charge in [0.1, 0.15) is 11.6 Å². The van der Waals surface area contributed by atoms with Crippen LogP contribution in [0.1, 0.15) is 17.3 Å². The Kier molecular flexibility index (Phi) is 4.60. The summed E-state index contributed by atoms with van der Waals surface area (Å²) < 4.78 is 18.2. The molecule has 0 aliphatic heterocycles. The fourth-order valence-corrected chi connectivity index (χ4v) is 2.14. The van der Waals surface area contributed by atoms with E-state index in [1.54, 1.807) is 18.2 Å². The molecule has 0 unspecified atom stereocenters. The van der Waals surface area contributed by atoms with E-state index in [1.807, 2.05) is 0 Å². The van der Waals surface area contributed by atoms with E-state index in [-0.39, 0.29) is 0 Å². The number of imidazole rings is 1. The van der Waals surface area contributed by atoms with Gasteiger partial charge in [0.2, 0.25) is 0 Å². The molecule has 0 saturated carbocycles. The van der Waals surface area contributed by atoms with E-state index in [0.717, 1.165) is 5.52 Å². The first-order chi connectivity index (χ1) is 12.0. The third-order valence-electron chi connectivity index (χ3n) is 3.48. The molecule has 2 aromatic carbocycles. The first-order valence-electron chi connectivity index (χ1n) is 7.48. The Morgan fingerprint density at radius 1 is 1.16 bits per heavy atom. The van der Waals surface area contributed by atoms with Crippen molar-refractivity contribution in [1.29, 1.82) is 0 Å². The van der Waals surface area contributed by atoms with Crippen LogP contribution in [0.3, 0.4) is 0 Å². The number of benzene rings is 2. The van der Waals surface area contributed by atoms with Gasteiger partial charge in [-0.25, -0.2) is 9.37 Å². The Labute approximate surface area is 142 Å². The molecule has 0 spiro atoms. The van der Waals surface area contributed by atoms with Crippen LogP contribution in [-0.4, -0.2) is 27.9 Å². The van der Waals surface area contributed by atoms with Crippen molar-refractivity contribution >= 4 is 22.8 Å². The van der Waals surface area contributed by atoms with Crippen molar-refractivity contribution in [2.75, 3.05) is 0 Å². The second-order valence-corrected chi connectivity index (χ2v) is 5.29. The highest BCUT2D eigenvalue weighted by atomic mass is 19.1. The van der Waals surface area contributed by atoms with Crippen LogP contribution in [0.15, 0.2) is 48.8 Å². The quantitative estimate of drug-likeness (QED) is 0.631. The third kappa shape index (κ3) is 3.92. The number of aromatic nitrogens is 2. The first-order valence-corrected chi connectivity index (χ1v) is 7.48. The average Bonchev–Trinajstić information content (AvgIpc) is 3.08. The lowest BCUT2D eigenvalue weighted by molar-refractivity contribution is -0.128. The van der Waals surface area contributed by atoms with E-state index < -0.39 is 23.7 Å². The summed E-state index contributed by atoms with van der Waals surface area (Å²) >= 11 is 0. The van der Waals surface area contributed by atoms with Crippen LogP contribution in [0.4, 0.5) is 4.39 Å². The van der Waals surface area contributed by atoms with Crippen LogP contribution < -0.4 is 15.6 Å². The van der Waals surface area contributed by atoms with Crippen molar-refractivity contribution < 1.29 is 18.7 Å². The summed E-state index contributed by atoms with van der Waals surface area (Å²) in [5.41, 5.74) is 6.43. The van der Waals surface area contributed by atoms with E-state index in [9.17, 15) is 14.0 Å². The molecule has 0 bridgehead atoms. The van der Waals surface area contributed by atoms with E-state index in [1.165, 1.54) is 37.5 Å². The maximum atomic E-state index is 12.8. The Hall–Kier alpha value is -3.42. The summed E-state index contributed by atoms with van der Waals surface area (Å²) in [6.07, 6.45) is 0.656. The second kappa shape index (κ2) is 7.00. The van der Waals surface area contributed by atoms with Gasteiger partial charge in [0, 0.05) is 5.56 Å². The number of halogens is 1. The Morgan fingerprint density at radius 3 is 2.68 bits per heavy atom. The average molecular weight is 342 g/mol. The summed E-state index contributed by atoms with van der Waals surface area (Å²) in [4.78, 5) is 31.0. The van der Waals surface area contributed by atoms with Gasteiger partial charge in [-0.3, -0.25) is 20.4 Å². The molecule has 0 saturated heterocycles. The summed E-state index contributed by atoms with van der Waals surface area (Å²) in [6.45, 7) is 1.52. The lowest BCUT2D eigenvalue weighted by atomic mass is 10.2. The van der Waals surface area contributed by atoms with E-state index in [0.29, 0.717) is 16.8 Å². The monoisotopic (exact) mass is 342 g/mol. The molecule has 128 valence electrons. The smallest absolute Gasteiger partial charge is 0.279 e. The van der Waals surface area contributed by atoms with Crippen LogP contribution in [0.25, 0.3) is 11.0 Å². The molecule has 7 nitrogen and oxygen atoms in total. The molecular weight excluding hydrogens is 327 g/mol. The van der Waals surface area contributed by atoms with Gasteiger partial charge in [-0.2, -0.15) is 0 Å². The number of ether oxygens (including phenoxy) is 1. The van der Waals surface area contributed by atoms with Crippen molar-refractivity contribution in [2.45, 2.75) is 13.0 Å².